The summed E-state index contributed by atoms with van der Waals surface area (Å²) in [6.07, 6.45) is 2.45. The van der Waals surface area contributed by atoms with Crippen LogP contribution in [0.2, 0.25) is 0 Å². The van der Waals surface area contributed by atoms with Crippen LogP contribution in [-0.4, -0.2) is 44.0 Å². The molecule has 7 nitrogen and oxygen atoms in total. The highest BCUT2D eigenvalue weighted by Gasteiger charge is 2.05. The third-order valence-electron chi connectivity index (χ3n) is 3.13. The number of amidine groups is 1. The molecule has 0 aromatic carbocycles. The molecule has 0 aliphatic heterocycles. The Hall–Kier alpha value is -2.61. The lowest BCUT2D eigenvalue weighted by Gasteiger charge is -2.11. The number of carbonyl (C=O) groups excluding carboxylic acids is 1. The minimum atomic E-state index is -0.230. The molecule has 0 aliphatic rings. The molecule has 2 heterocycles. The Bertz CT molecular complexity index is 686. The summed E-state index contributed by atoms with van der Waals surface area (Å²) in [5.74, 6) is 0.732. The fourth-order valence-corrected chi connectivity index (χ4v) is 2.58. The van der Waals surface area contributed by atoms with Crippen LogP contribution in [0, 0.1) is 0 Å². The van der Waals surface area contributed by atoms with E-state index in [2.05, 4.69) is 15.5 Å². The Morgan fingerprint density at radius 3 is 3.00 bits per heavy atom. The lowest BCUT2D eigenvalue weighted by atomic mass is 10.2. The Morgan fingerprint density at radius 2 is 2.29 bits per heavy atom. The van der Waals surface area contributed by atoms with Crippen molar-refractivity contribution in [3.63, 3.8) is 0 Å². The Morgan fingerprint density at radius 1 is 1.46 bits per heavy atom. The van der Waals surface area contributed by atoms with Crippen molar-refractivity contribution in [1.82, 2.24) is 10.3 Å². The molecule has 0 aliphatic carbocycles. The smallest absolute Gasteiger partial charge is 0.260 e. The van der Waals surface area contributed by atoms with Gasteiger partial charge in [-0.25, -0.2) is 4.98 Å². The van der Waals surface area contributed by atoms with Crippen LogP contribution in [0.15, 0.2) is 41.0 Å². The third kappa shape index (κ3) is 5.54. The van der Waals surface area contributed by atoms with Gasteiger partial charge in [0.05, 0.1) is 0 Å². The number of thiophene rings is 1. The minimum Gasteiger partial charge on any atom is -0.384 e. The summed E-state index contributed by atoms with van der Waals surface area (Å²) in [5, 5.41) is 8.57. The molecule has 0 fully saturated rings. The fourth-order valence-electron chi connectivity index (χ4n) is 1.87. The lowest BCUT2D eigenvalue weighted by Crippen LogP contribution is -2.29. The van der Waals surface area contributed by atoms with Crippen molar-refractivity contribution >= 4 is 28.9 Å². The van der Waals surface area contributed by atoms with E-state index in [4.69, 9.17) is 10.6 Å². The number of hydrogen-bond donors (Lipinski definition) is 2. The molecule has 8 heteroatoms. The largest absolute Gasteiger partial charge is 0.384 e. The van der Waals surface area contributed by atoms with Gasteiger partial charge in [0.2, 0.25) is 0 Å². The predicted octanol–water partition coefficient (Wildman–Crippen LogP) is 1.20. The maximum Gasteiger partial charge on any atom is 0.260 e. The van der Waals surface area contributed by atoms with Gasteiger partial charge >= 0.3 is 0 Å². The highest BCUT2D eigenvalue weighted by molar-refractivity contribution is 7.09. The molecule has 24 heavy (non-hydrogen) atoms. The Labute approximate surface area is 145 Å². The summed E-state index contributed by atoms with van der Waals surface area (Å²) in [7, 11) is 3.77. The second-order valence-electron chi connectivity index (χ2n) is 5.23. The van der Waals surface area contributed by atoms with Crippen LogP contribution in [-0.2, 0) is 16.1 Å². The van der Waals surface area contributed by atoms with Crippen molar-refractivity contribution in [2.24, 2.45) is 10.9 Å². The molecule has 2 rings (SSSR count). The molecule has 0 unspecified atom stereocenters. The first-order chi connectivity index (χ1) is 11.6. The molecule has 0 spiro atoms. The van der Waals surface area contributed by atoms with Crippen LogP contribution in [0.1, 0.15) is 10.4 Å². The average molecular weight is 347 g/mol. The van der Waals surface area contributed by atoms with Gasteiger partial charge in [0.25, 0.3) is 5.91 Å². The number of anilines is 1. The topological polar surface area (TPSA) is 92.8 Å². The lowest BCUT2D eigenvalue weighted by molar-refractivity contribution is -0.125. The van der Waals surface area contributed by atoms with E-state index in [1.165, 1.54) is 4.88 Å². The third-order valence-corrected chi connectivity index (χ3v) is 4.07. The monoisotopic (exact) mass is 347 g/mol. The molecule has 128 valence electrons. The highest BCUT2D eigenvalue weighted by Crippen LogP contribution is 2.09. The van der Waals surface area contributed by atoms with Crippen molar-refractivity contribution in [2.45, 2.75) is 6.42 Å². The number of carbonyl (C=O) groups is 1. The number of pyridine rings is 1. The van der Waals surface area contributed by atoms with Crippen LogP contribution in [0.25, 0.3) is 0 Å². The maximum atomic E-state index is 11.7. The van der Waals surface area contributed by atoms with Crippen LogP contribution in [0.4, 0.5) is 5.82 Å². The standard InChI is InChI=1S/C16H21N5O2S/c1-21(2)14-10-12(5-7-18-14)16(17)20-23-11-15(22)19-8-6-13-4-3-9-24-13/h3-5,7,9-10H,6,8,11H2,1-2H3,(H2,17,20)(H,19,22). The van der Waals surface area contributed by atoms with Gasteiger partial charge in [0, 0.05) is 37.3 Å². The van der Waals surface area contributed by atoms with E-state index in [1.807, 2.05) is 36.5 Å². The summed E-state index contributed by atoms with van der Waals surface area (Å²) in [6.45, 7) is 0.398. The first-order valence-corrected chi connectivity index (χ1v) is 8.32. The normalized spacial score (nSPS) is 11.2. The van der Waals surface area contributed by atoms with Crippen LogP contribution in [0.5, 0.6) is 0 Å². The fraction of sp³-hybridized carbons (Fsp3) is 0.312. The van der Waals surface area contributed by atoms with E-state index in [-0.39, 0.29) is 18.3 Å². The minimum absolute atomic E-state index is 0.170. The second kappa shape index (κ2) is 8.88. The van der Waals surface area contributed by atoms with Gasteiger partial charge in [0.1, 0.15) is 5.82 Å². The van der Waals surface area contributed by atoms with Crippen LogP contribution < -0.4 is 16.0 Å². The van der Waals surface area contributed by atoms with Crippen molar-refractivity contribution in [3.05, 3.63) is 46.3 Å². The van der Waals surface area contributed by atoms with Gasteiger partial charge < -0.3 is 20.8 Å². The molecule has 1 amide bonds. The summed E-state index contributed by atoms with van der Waals surface area (Å²) in [4.78, 5) is 24.0. The zero-order valence-corrected chi connectivity index (χ0v) is 14.5. The Balaban J connectivity index is 1.76. The van der Waals surface area contributed by atoms with E-state index < -0.39 is 0 Å². The van der Waals surface area contributed by atoms with E-state index in [9.17, 15) is 4.79 Å². The molecular formula is C16H21N5O2S. The molecule has 0 radical (unpaired) electrons. The number of nitrogens with zero attached hydrogens (tertiary/aromatic N) is 3. The quantitative estimate of drug-likeness (QED) is 0.425. The molecule has 2 aromatic rings. The summed E-state index contributed by atoms with van der Waals surface area (Å²) in [5.41, 5.74) is 6.55. The highest BCUT2D eigenvalue weighted by atomic mass is 32.1. The summed E-state index contributed by atoms with van der Waals surface area (Å²) in [6, 6.07) is 7.55. The SMILES string of the molecule is CN(C)c1cc(/C(N)=N\OCC(=O)NCCc2cccs2)ccn1. The molecule has 0 bridgehead atoms. The second-order valence-corrected chi connectivity index (χ2v) is 6.26. The van der Waals surface area contributed by atoms with E-state index in [1.54, 1.807) is 29.7 Å². The van der Waals surface area contributed by atoms with E-state index in [0.29, 0.717) is 12.1 Å². The molecule has 0 atom stereocenters. The van der Waals surface area contributed by atoms with E-state index in [0.717, 1.165) is 12.2 Å². The molecule has 0 saturated carbocycles. The first kappa shape index (κ1) is 17.7. The first-order valence-electron chi connectivity index (χ1n) is 7.44. The number of hydrogen-bond acceptors (Lipinski definition) is 6. The van der Waals surface area contributed by atoms with Gasteiger partial charge in [-0.2, -0.15) is 0 Å². The van der Waals surface area contributed by atoms with Crippen LogP contribution in [0.3, 0.4) is 0 Å². The maximum absolute atomic E-state index is 11.7. The molecular weight excluding hydrogens is 326 g/mol. The average Bonchev–Trinajstić information content (AvgIpc) is 3.08. The molecule has 2 aromatic heterocycles. The van der Waals surface area contributed by atoms with E-state index >= 15 is 0 Å². The van der Waals surface area contributed by atoms with Crippen molar-refractivity contribution < 1.29 is 9.63 Å². The summed E-state index contributed by atoms with van der Waals surface area (Å²) >= 11 is 1.67. The van der Waals surface area contributed by atoms with Gasteiger partial charge in [-0.05, 0) is 30.0 Å². The number of rotatable bonds is 8. The van der Waals surface area contributed by atoms with Gasteiger partial charge in [0.15, 0.2) is 12.4 Å². The van der Waals surface area contributed by atoms with Gasteiger partial charge in [-0.15, -0.1) is 11.3 Å². The predicted molar refractivity (Wildman–Crippen MR) is 96.3 cm³/mol. The van der Waals surface area contributed by atoms with Gasteiger partial charge in [-0.1, -0.05) is 11.2 Å². The zero-order valence-electron chi connectivity index (χ0n) is 13.7. The number of nitrogens with one attached hydrogen (secondary N) is 1. The van der Waals surface area contributed by atoms with Crippen LogP contribution >= 0.6 is 11.3 Å². The Kier molecular flexibility index (Phi) is 6.56. The number of nitrogens with two attached hydrogens (primary N) is 1. The van der Waals surface area contributed by atoms with Crippen molar-refractivity contribution in [2.75, 3.05) is 32.1 Å². The number of amides is 1. The number of oxime groups is 1. The van der Waals surface area contributed by atoms with Gasteiger partial charge in [-0.3, -0.25) is 4.79 Å². The summed E-state index contributed by atoms with van der Waals surface area (Å²) < 4.78 is 0. The zero-order chi connectivity index (χ0) is 17.4. The molecule has 0 saturated heterocycles. The molecule has 3 N–H and O–H groups in total. The van der Waals surface area contributed by atoms with Crippen molar-refractivity contribution in [3.8, 4) is 0 Å². The van der Waals surface area contributed by atoms with Crippen molar-refractivity contribution in [1.29, 1.82) is 0 Å². The number of aromatic nitrogens is 1.